The van der Waals surface area contributed by atoms with Gasteiger partial charge >= 0.3 is 0 Å². The number of hydrazone groups is 1. The Kier molecular flexibility index (Phi) is 6.70. The summed E-state index contributed by atoms with van der Waals surface area (Å²) in [5.74, 6) is -0.549. The Morgan fingerprint density at radius 2 is 1.68 bits per heavy atom. The normalized spacial score (nSPS) is 19.0. The van der Waals surface area contributed by atoms with Crippen LogP contribution in [0, 0.1) is 0 Å². The van der Waals surface area contributed by atoms with Gasteiger partial charge in [0.2, 0.25) is 5.91 Å². The van der Waals surface area contributed by atoms with Gasteiger partial charge in [0.25, 0.3) is 5.91 Å². The van der Waals surface area contributed by atoms with Crippen LogP contribution in [0.15, 0.2) is 107 Å². The van der Waals surface area contributed by atoms with Gasteiger partial charge in [-0.2, -0.15) is 10.1 Å². The van der Waals surface area contributed by atoms with Gasteiger partial charge in [-0.25, -0.2) is 5.01 Å². The summed E-state index contributed by atoms with van der Waals surface area (Å²) in [7, 11) is 0. The van der Waals surface area contributed by atoms with Gasteiger partial charge in [-0.3, -0.25) is 9.59 Å². The number of anilines is 1. The standard InChI is InChI=1S/C30H23ClN4O2S/c31-23-14-12-20(13-15-23)26-17-25(22-11-10-19-6-4-5-7-21(19)16-22)34-35(26)30-33-29(37)27(38-30)18-28(36)32-24-8-2-1-3-9-24/h1-16,26-27H,17-18H2,(H,32,36). The highest BCUT2D eigenvalue weighted by molar-refractivity contribution is 8.15. The number of fused-ring (bicyclic) bond motifs is 1. The van der Waals surface area contributed by atoms with Crippen LogP contribution in [0.1, 0.15) is 30.0 Å². The lowest BCUT2D eigenvalue weighted by atomic mass is 9.97. The second kappa shape index (κ2) is 10.4. The number of nitrogens with zero attached hydrogens (tertiary/aromatic N) is 3. The van der Waals surface area contributed by atoms with E-state index in [9.17, 15) is 9.59 Å². The lowest BCUT2D eigenvalue weighted by Gasteiger charge is -2.23. The molecule has 0 aliphatic carbocycles. The first-order chi connectivity index (χ1) is 18.5. The molecule has 188 valence electrons. The SMILES string of the molecule is O=C(CC1SC(N2N=C(c3ccc4ccccc4c3)CC2c2ccc(Cl)cc2)=NC1=O)Nc1ccccc1. The van der Waals surface area contributed by atoms with Crippen molar-refractivity contribution in [2.75, 3.05) is 5.32 Å². The van der Waals surface area contributed by atoms with Crippen LogP contribution in [-0.4, -0.2) is 33.0 Å². The molecule has 2 atom stereocenters. The number of thioether (sulfide) groups is 1. The Morgan fingerprint density at radius 3 is 2.47 bits per heavy atom. The molecule has 4 aromatic carbocycles. The Bertz CT molecular complexity index is 1590. The maximum atomic E-state index is 12.8. The molecule has 0 aromatic heterocycles. The summed E-state index contributed by atoms with van der Waals surface area (Å²) >= 11 is 7.44. The summed E-state index contributed by atoms with van der Waals surface area (Å²) in [6, 6.07) is 31.3. The zero-order chi connectivity index (χ0) is 26.1. The molecule has 0 spiro atoms. The number of amidine groups is 1. The number of amides is 2. The Hall–Kier alpha value is -3.94. The third kappa shape index (κ3) is 5.08. The van der Waals surface area contributed by atoms with Crippen LogP contribution in [0.3, 0.4) is 0 Å². The van der Waals surface area contributed by atoms with E-state index in [4.69, 9.17) is 16.7 Å². The van der Waals surface area contributed by atoms with Gasteiger partial charge < -0.3 is 5.32 Å². The van der Waals surface area contributed by atoms with E-state index in [1.165, 1.54) is 17.1 Å². The minimum absolute atomic E-state index is 0.0338. The predicted octanol–water partition coefficient (Wildman–Crippen LogP) is 6.67. The summed E-state index contributed by atoms with van der Waals surface area (Å²) in [4.78, 5) is 29.8. The van der Waals surface area contributed by atoms with Crippen molar-refractivity contribution in [2.45, 2.75) is 24.1 Å². The highest BCUT2D eigenvalue weighted by Crippen LogP contribution is 2.39. The summed E-state index contributed by atoms with van der Waals surface area (Å²) in [6.07, 6.45) is 0.680. The minimum Gasteiger partial charge on any atom is -0.326 e. The second-order valence-corrected chi connectivity index (χ2v) is 10.8. The number of benzene rings is 4. The third-order valence-electron chi connectivity index (χ3n) is 6.60. The molecule has 8 heteroatoms. The molecule has 0 saturated carbocycles. The molecule has 2 amide bonds. The second-order valence-electron chi connectivity index (χ2n) is 9.18. The summed E-state index contributed by atoms with van der Waals surface area (Å²) in [5.41, 5.74) is 3.66. The first-order valence-electron chi connectivity index (χ1n) is 12.3. The molecule has 1 N–H and O–H groups in total. The zero-order valence-electron chi connectivity index (χ0n) is 20.3. The van der Waals surface area contributed by atoms with Crippen molar-refractivity contribution in [1.82, 2.24) is 5.01 Å². The number of para-hydroxylation sites is 1. The van der Waals surface area contributed by atoms with Crippen LogP contribution in [0.25, 0.3) is 10.8 Å². The van der Waals surface area contributed by atoms with Crippen molar-refractivity contribution in [3.05, 3.63) is 113 Å². The Morgan fingerprint density at radius 1 is 0.947 bits per heavy atom. The van der Waals surface area contributed by atoms with Gasteiger partial charge in [-0.05, 0) is 52.2 Å². The molecular formula is C30H23ClN4O2S. The lowest BCUT2D eigenvalue weighted by molar-refractivity contribution is -0.121. The fourth-order valence-corrected chi connectivity index (χ4v) is 5.87. The van der Waals surface area contributed by atoms with E-state index in [1.54, 1.807) is 0 Å². The monoisotopic (exact) mass is 538 g/mol. The molecule has 6 rings (SSSR count). The number of rotatable bonds is 5. The molecule has 2 unspecified atom stereocenters. The summed E-state index contributed by atoms with van der Waals surface area (Å²) < 4.78 is 0. The van der Waals surface area contributed by atoms with Crippen LogP contribution in [0.4, 0.5) is 5.69 Å². The summed E-state index contributed by atoms with van der Waals surface area (Å²) in [5, 5.41) is 12.5. The molecule has 4 aromatic rings. The van der Waals surface area contributed by atoms with Crippen molar-refractivity contribution >= 4 is 62.5 Å². The van der Waals surface area contributed by atoms with E-state index in [0.29, 0.717) is 22.3 Å². The van der Waals surface area contributed by atoms with Gasteiger partial charge in [0.1, 0.15) is 5.25 Å². The van der Waals surface area contributed by atoms with Crippen LogP contribution in [0.5, 0.6) is 0 Å². The molecule has 0 bridgehead atoms. The predicted molar refractivity (Wildman–Crippen MR) is 155 cm³/mol. The lowest BCUT2D eigenvalue weighted by Crippen LogP contribution is -2.25. The minimum atomic E-state index is -0.598. The Labute approximate surface area is 229 Å². The third-order valence-corrected chi connectivity index (χ3v) is 8.00. The number of carbonyl (C=O) groups is 2. The molecule has 2 aliphatic heterocycles. The molecule has 0 fully saturated rings. The van der Waals surface area contributed by atoms with Crippen molar-refractivity contribution in [1.29, 1.82) is 0 Å². The van der Waals surface area contributed by atoms with E-state index in [-0.39, 0.29) is 24.3 Å². The average molecular weight is 539 g/mol. The van der Waals surface area contributed by atoms with E-state index in [1.807, 2.05) is 71.7 Å². The van der Waals surface area contributed by atoms with E-state index in [2.05, 4.69) is 40.6 Å². The zero-order valence-corrected chi connectivity index (χ0v) is 21.8. The summed E-state index contributed by atoms with van der Waals surface area (Å²) in [6.45, 7) is 0. The van der Waals surface area contributed by atoms with Gasteiger partial charge in [0, 0.05) is 23.6 Å². The molecule has 2 aliphatic rings. The average Bonchev–Trinajstić information content (AvgIpc) is 3.53. The van der Waals surface area contributed by atoms with E-state index < -0.39 is 5.25 Å². The van der Waals surface area contributed by atoms with Gasteiger partial charge in [0.15, 0.2) is 5.17 Å². The van der Waals surface area contributed by atoms with E-state index >= 15 is 0 Å². The fourth-order valence-electron chi connectivity index (χ4n) is 4.68. The quantitative estimate of drug-likeness (QED) is 0.308. The van der Waals surface area contributed by atoms with Crippen LogP contribution in [0.2, 0.25) is 5.02 Å². The smallest absolute Gasteiger partial charge is 0.262 e. The number of nitrogens with one attached hydrogen (secondary N) is 1. The van der Waals surface area contributed by atoms with Crippen molar-refractivity contribution in [3.8, 4) is 0 Å². The molecule has 2 heterocycles. The highest BCUT2D eigenvalue weighted by Gasteiger charge is 2.39. The van der Waals surface area contributed by atoms with Crippen LogP contribution < -0.4 is 5.32 Å². The number of hydrogen-bond donors (Lipinski definition) is 1. The van der Waals surface area contributed by atoms with Crippen LogP contribution >= 0.6 is 23.4 Å². The van der Waals surface area contributed by atoms with Crippen molar-refractivity contribution in [2.24, 2.45) is 10.1 Å². The molecular weight excluding hydrogens is 516 g/mol. The first kappa shape index (κ1) is 24.4. The first-order valence-corrected chi connectivity index (χ1v) is 13.5. The van der Waals surface area contributed by atoms with Gasteiger partial charge in [-0.1, -0.05) is 90.1 Å². The number of halogens is 1. The van der Waals surface area contributed by atoms with Gasteiger partial charge in [-0.15, -0.1) is 0 Å². The molecule has 0 radical (unpaired) electrons. The van der Waals surface area contributed by atoms with E-state index in [0.717, 1.165) is 22.2 Å². The largest absolute Gasteiger partial charge is 0.326 e. The van der Waals surface area contributed by atoms with Crippen LogP contribution in [-0.2, 0) is 9.59 Å². The number of hydrogen-bond acceptors (Lipinski definition) is 5. The maximum absolute atomic E-state index is 12.8. The number of aliphatic imine (C=N–C) groups is 1. The van der Waals surface area contributed by atoms with Crippen molar-refractivity contribution < 1.29 is 9.59 Å². The molecule has 0 saturated heterocycles. The number of carbonyl (C=O) groups excluding carboxylic acids is 2. The molecule has 6 nitrogen and oxygen atoms in total. The maximum Gasteiger partial charge on any atom is 0.262 e. The highest BCUT2D eigenvalue weighted by atomic mass is 35.5. The van der Waals surface area contributed by atoms with Gasteiger partial charge in [0.05, 0.1) is 11.8 Å². The Balaban J connectivity index is 1.26. The molecule has 38 heavy (non-hydrogen) atoms. The fraction of sp³-hybridized carbons (Fsp3) is 0.133. The topological polar surface area (TPSA) is 74.1 Å². The van der Waals surface area contributed by atoms with Crippen molar-refractivity contribution in [3.63, 3.8) is 0 Å².